The molecule has 2 rings (SSSR count). The van der Waals surface area contributed by atoms with Gasteiger partial charge in [-0.25, -0.2) is 9.97 Å². The average Bonchev–Trinajstić information content (AvgIpc) is 2.50. The second-order valence-electron chi connectivity index (χ2n) is 4.19. The maximum Gasteiger partial charge on any atom is 0.149 e. The van der Waals surface area contributed by atoms with E-state index in [1.54, 1.807) is 13.4 Å². The summed E-state index contributed by atoms with van der Waals surface area (Å²) in [5.74, 6) is 1.74. The van der Waals surface area contributed by atoms with Crippen molar-refractivity contribution in [3.63, 3.8) is 0 Å². The van der Waals surface area contributed by atoms with E-state index in [4.69, 9.17) is 10.5 Å². The number of nitrogens with zero attached hydrogens (tertiary/aromatic N) is 3. The monoisotopic (exact) mass is 384 g/mol. The van der Waals surface area contributed by atoms with Gasteiger partial charge < -0.3 is 15.4 Å². The lowest BCUT2D eigenvalue weighted by Crippen LogP contribution is -2.22. The second kappa shape index (κ2) is 7.39. The number of hydrogen-bond donors (Lipinski definition) is 1. The van der Waals surface area contributed by atoms with Crippen LogP contribution < -0.4 is 15.4 Å². The molecule has 0 aliphatic carbocycles. The molecule has 0 aliphatic rings. The Balaban J connectivity index is 2.33. The van der Waals surface area contributed by atoms with Crippen molar-refractivity contribution < 1.29 is 4.74 Å². The van der Waals surface area contributed by atoms with Gasteiger partial charge in [0.15, 0.2) is 0 Å². The lowest BCUT2D eigenvalue weighted by molar-refractivity contribution is 0.415. The molecule has 1 heterocycles. The van der Waals surface area contributed by atoms with Crippen molar-refractivity contribution in [1.82, 2.24) is 9.97 Å². The number of benzene rings is 1. The van der Waals surface area contributed by atoms with Gasteiger partial charge in [0.2, 0.25) is 0 Å². The molecule has 6 heteroatoms. The molecular formula is C14H17IN4O. The summed E-state index contributed by atoms with van der Waals surface area (Å²) in [5, 5.41) is 0. The lowest BCUT2D eigenvalue weighted by atomic mass is 10.2. The molecular weight excluding hydrogens is 367 g/mol. The summed E-state index contributed by atoms with van der Waals surface area (Å²) in [6, 6.07) is 7.93. The summed E-state index contributed by atoms with van der Waals surface area (Å²) in [6.07, 6.45) is 4.27. The first-order valence-electron chi connectivity index (χ1n) is 6.33. The van der Waals surface area contributed by atoms with Gasteiger partial charge in [-0.3, -0.25) is 0 Å². The van der Waals surface area contributed by atoms with Crippen molar-refractivity contribution in [2.75, 3.05) is 25.1 Å². The van der Waals surface area contributed by atoms with E-state index in [0.29, 0.717) is 6.54 Å². The van der Waals surface area contributed by atoms with E-state index in [-0.39, 0.29) is 0 Å². The van der Waals surface area contributed by atoms with Gasteiger partial charge in [-0.1, -0.05) is 0 Å². The highest BCUT2D eigenvalue weighted by atomic mass is 127. The van der Waals surface area contributed by atoms with Crippen LogP contribution in [0.15, 0.2) is 36.8 Å². The summed E-state index contributed by atoms with van der Waals surface area (Å²) in [6.45, 7) is 1.46. The molecule has 20 heavy (non-hydrogen) atoms. The lowest BCUT2D eigenvalue weighted by Gasteiger charge is -2.24. The molecule has 0 amide bonds. The smallest absolute Gasteiger partial charge is 0.149 e. The normalized spacial score (nSPS) is 10.3. The minimum atomic E-state index is 0.647. The SMILES string of the molecule is COc1ccc(N(CCCN)c2ncncc2I)cc1. The highest BCUT2D eigenvalue weighted by Crippen LogP contribution is 2.28. The van der Waals surface area contributed by atoms with Gasteiger partial charge in [0.05, 0.1) is 10.7 Å². The Bertz CT molecular complexity index is 547. The number of methoxy groups -OCH3 is 1. The molecule has 0 fully saturated rings. The van der Waals surface area contributed by atoms with E-state index in [1.807, 2.05) is 30.5 Å². The fourth-order valence-corrected chi connectivity index (χ4v) is 2.46. The zero-order valence-electron chi connectivity index (χ0n) is 11.3. The van der Waals surface area contributed by atoms with Crippen molar-refractivity contribution in [2.45, 2.75) is 6.42 Å². The summed E-state index contributed by atoms with van der Waals surface area (Å²) in [5.41, 5.74) is 6.70. The van der Waals surface area contributed by atoms with Crippen LogP contribution in [0.5, 0.6) is 5.75 Å². The van der Waals surface area contributed by atoms with Gasteiger partial charge in [0.25, 0.3) is 0 Å². The molecule has 0 aliphatic heterocycles. The molecule has 0 atom stereocenters. The van der Waals surface area contributed by atoms with Crippen molar-refractivity contribution in [3.05, 3.63) is 40.4 Å². The van der Waals surface area contributed by atoms with Crippen LogP contribution in [0.1, 0.15) is 6.42 Å². The van der Waals surface area contributed by atoms with Crippen LogP contribution in [0, 0.1) is 3.57 Å². The summed E-state index contributed by atoms with van der Waals surface area (Å²) in [7, 11) is 1.66. The number of anilines is 2. The third-order valence-electron chi connectivity index (χ3n) is 2.87. The highest BCUT2D eigenvalue weighted by Gasteiger charge is 2.13. The van der Waals surface area contributed by atoms with Gasteiger partial charge in [0.1, 0.15) is 17.9 Å². The first-order chi connectivity index (χ1) is 9.76. The Kier molecular flexibility index (Phi) is 5.54. The summed E-state index contributed by atoms with van der Waals surface area (Å²) < 4.78 is 6.21. The molecule has 0 radical (unpaired) electrons. The van der Waals surface area contributed by atoms with E-state index in [2.05, 4.69) is 37.5 Å². The Morgan fingerprint density at radius 3 is 2.65 bits per heavy atom. The van der Waals surface area contributed by atoms with E-state index >= 15 is 0 Å². The standard InChI is InChI=1S/C14H17IN4O/c1-20-12-5-3-11(4-6-12)19(8-2-7-16)14-13(15)9-17-10-18-14/h3-6,9-10H,2,7-8,16H2,1H3. The molecule has 2 N–H and O–H groups in total. The van der Waals surface area contributed by atoms with E-state index in [9.17, 15) is 0 Å². The summed E-state index contributed by atoms with van der Waals surface area (Å²) in [4.78, 5) is 10.6. The third-order valence-corrected chi connectivity index (χ3v) is 3.63. The molecule has 1 aromatic carbocycles. The van der Waals surface area contributed by atoms with Crippen LogP contribution in [0.3, 0.4) is 0 Å². The number of nitrogens with two attached hydrogens (primary N) is 1. The van der Waals surface area contributed by atoms with Crippen LogP contribution in [-0.4, -0.2) is 30.2 Å². The molecule has 0 unspecified atom stereocenters. The molecule has 106 valence electrons. The van der Waals surface area contributed by atoms with Gasteiger partial charge >= 0.3 is 0 Å². The second-order valence-corrected chi connectivity index (χ2v) is 5.35. The number of rotatable bonds is 6. The third kappa shape index (κ3) is 3.57. The fraction of sp³-hybridized carbons (Fsp3) is 0.286. The largest absolute Gasteiger partial charge is 0.497 e. The number of halogens is 1. The van der Waals surface area contributed by atoms with Gasteiger partial charge in [-0.2, -0.15) is 0 Å². The molecule has 1 aromatic heterocycles. The number of ether oxygens (including phenoxy) is 1. The first kappa shape index (κ1) is 15.0. The number of hydrogen-bond acceptors (Lipinski definition) is 5. The van der Waals surface area contributed by atoms with Crippen LogP contribution in [0.2, 0.25) is 0 Å². The quantitative estimate of drug-likeness (QED) is 0.776. The van der Waals surface area contributed by atoms with Crippen molar-refractivity contribution in [3.8, 4) is 5.75 Å². The van der Waals surface area contributed by atoms with Crippen molar-refractivity contribution in [2.24, 2.45) is 5.73 Å². The van der Waals surface area contributed by atoms with Crippen LogP contribution >= 0.6 is 22.6 Å². The molecule has 2 aromatic rings. The number of aromatic nitrogens is 2. The summed E-state index contributed by atoms with van der Waals surface area (Å²) >= 11 is 2.25. The van der Waals surface area contributed by atoms with Crippen molar-refractivity contribution in [1.29, 1.82) is 0 Å². The molecule has 5 nitrogen and oxygen atoms in total. The molecule has 0 spiro atoms. The topological polar surface area (TPSA) is 64.3 Å². The fourth-order valence-electron chi connectivity index (χ4n) is 1.87. The maximum atomic E-state index is 5.64. The van der Waals surface area contributed by atoms with Crippen molar-refractivity contribution >= 4 is 34.1 Å². The molecule has 0 saturated heterocycles. The predicted molar refractivity (Wildman–Crippen MR) is 88.4 cm³/mol. The highest BCUT2D eigenvalue weighted by molar-refractivity contribution is 14.1. The van der Waals surface area contributed by atoms with E-state index < -0.39 is 0 Å². The zero-order valence-corrected chi connectivity index (χ0v) is 13.4. The first-order valence-corrected chi connectivity index (χ1v) is 7.41. The van der Waals surface area contributed by atoms with Crippen LogP contribution in [0.25, 0.3) is 0 Å². The van der Waals surface area contributed by atoms with Crippen LogP contribution in [0.4, 0.5) is 11.5 Å². The Labute approximate surface area is 132 Å². The Morgan fingerprint density at radius 1 is 1.30 bits per heavy atom. The average molecular weight is 384 g/mol. The van der Waals surface area contributed by atoms with Gasteiger partial charge in [0, 0.05) is 18.4 Å². The zero-order chi connectivity index (χ0) is 14.4. The predicted octanol–water partition coefficient (Wildman–Crippen LogP) is 2.58. The molecule has 0 saturated carbocycles. The van der Waals surface area contributed by atoms with E-state index in [1.165, 1.54) is 0 Å². The van der Waals surface area contributed by atoms with Gasteiger partial charge in [-0.15, -0.1) is 0 Å². The minimum absolute atomic E-state index is 0.647. The Morgan fingerprint density at radius 2 is 2.05 bits per heavy atom. The molecule has 0 bridgehead atoms. The van der Waals surface area contributed by atoms with Crippen LogP contribution in [-0.2, 0) is 0 Å². The Hall–Kier alpha value is -1.41. The maximum absolute atomic E-state index is 5.64. The van der Waals surface area contributed by atoms with Gasteiger partial charge in [-0.05, 0) is 59.8 Å². The van der Waals surface area contributed by atoms with E-state index in [0.717, 1.165) is 33.8 Å². The minimum Gasteiger partial charge on any atom is -0.497 e.